The van der Waals surface area contributed by atoms with Crippen molar-refractivity contribution in [3.05, 3.63) is 35.4 Å². The van der Waals surface area contributed by atoms with E-state index >= 15 is 0 Å². The smallest absolute Gasteiger partial charge is 0.335 e. The molecular formula is C15H22N2O4. The SMILES string of the molecule is CCN(CC(C)(C)O)C(=O)NCc1cccc(C(=O)O)c1. The molecule has 0 aliphatic rings. The number of carboxylic acids is 1. The van der Waals surface area contributed by atoms with E-state index in [4.69, 9.17) is 5.11 Å². The summed E-state index contributed by atoms with van der Waals surface area (Å²) in [5.41, 5.74) is -0.0653. The minimum atomic E-state index is -1.000. The molecule has 0 spiro atoms. The van der Waals surface area contributed by atoms with Crippen LogP contribution in [-0.4, -0.2) is 45.8 Å². The van der Waals surface area contributed by atoms with Crippen molar-refractivity contribution in [1.29, 1.82) is 0 Å². The van der Waals surface area contributed by atoms with E-state index in [1.54, 1.807) is 26.0 Å². The van der Waals surface area contributed by atoms with Crippen LogP contribution in [0.1, 0.15) is 36.7 Å². The summed E-state index contributed by atoms with van der Waals surface area (Å²) >= 11 is 0. The van der Waals surface area contributed by atoms with Gasteiger partial charge in [0.15, 0.2) is 0 Å². The summed E-state index contributed by atoms with van der Waals surface area (Å²) in [6, 6.07) is 6.12. The molecule has 0 aromatic heterocycles. The number of likely N-dealkylation sites (N-methyl/N-ethyl adjacent to an activating group) is 1. The lowest BCUT2D eigenvalue weighted by Gasteiger charge is -2.28. The predicted molar refractivity (Wildman–Crippen MR) is 79.2 cm³/mol. The summed E-state index contributed by atoms with van der Waals surface area (Å²) in [7, 11) is 0. The maximum absolute atomic E-state index is 12.0. The normalized spacial score (nSPS) is 11.0. The Morgan fingerprint density at radius 1 is 1.33 bits per heavy atom. The molecule has 0 aliphatic carbocycles. The van der Waals surface area contributed by atoms with Gasteiger partial charge in [-0.2, -0.15) is 0 Å². The number of aromatic carboxylic acids is 1. The zero-order chi connectivity index (χ0) is 16.0. The fraction of sp³-hybridized carbons (Fsp3) is 0.467. The molecular weight excluding hydrogens is 272 g/mol. The van der Waals surface area contributed by atoms with Crippen molar-refractivity contribution in [2.24, 2.45) is 0 Å². The van der Waals surface area contributed by atoms with Crippen molar-refractivity contribution in [3.8, 4) is 0 Å². The number of nitrogens with zero attached hydrogens (tertiary/aromatic N) is 1. The maximum atomic E-state index is 12.0. The highest BCUT2D eigenvalue weighted by atomic mass is 16.4. The van der Waals surface area contributed by atoms with Gasteiger partial charge in [0, 0.05) is 13.1 Å². The van der Waals surface area contributed by atoms with E-state index < -0.39 is 11.6 Å². The van der Waals surface area contributed by atoms with Crippen LogP contribution < -0.4 is 5.32 Å². The van der Waals surface area contributed by atoms with Crippen LogP contribution in [0.3, 0.4) is 0 Å². The van der Waals surface area contributed by atoms with Gasteiger partial charge in [-0.15, -0.1) is 0 Å². The molecule has 1 aromatic carbocycles. The van der Waals surface area contributed by atoms with E-state index in [1.165, 1.54) is 17.0 Å². The van der Waals surface area contributed by atoms with Crippen molar-refractivity contribution in [1.82, 2.24) is 10.2 Å². The van der Waals surface area contributed by atoms with Crippen LogP contribution in [0.2, 0.25) is 0 Å². The molecule has 0 atom stereocenters. The molecule has 3 N–H and O–H groups in total. The number of rotatable bonds is 6. The molecule has 0 radical (unpaired) electrons. The van der Waals surface area contributed by atoms with E-state index in [2.05, 4.69) is 5.32 Å². The maximum Gasteiger partial charge on any atom is 0.335 e. The van der Waals surface area contributed by atoms with Crippen LogP contribution in [-0.2, 0) is 6.54 Å². The highest BCUT2D eigenvalue weighted by molar-refractivity contribution is 5.87. The summed E-state index contributed by atoms with van der Waals surface area (Å²) < 4.78 is 0. The molecule has 0 unspecified atom stereocenters. The Kier molecular flexibility index (Phi) is 5.72. The van der Waals surface area contributed by atoms with Crippen molar-refractivity contribution in [2.45, 2.75) is 32.9 Å². The second kappa shape index (κ2) is 7.08. The summed E-state index contributed by atoms with van der Waals surface area (Å²) in [6.45, 7) is 6.05. The zero-order valence-electron chi connectivity index (χ0n) is 12.6. The number of hydrogen-bond donors (Lipinski definition) is 3. The van der Waals surface area contributed by atoms with Crippen LogP contribution in [0.5, 0.6) is 0 Å². The van der Waals surface area contributed by atoms with Gasteiger partial charge in [-0.25, -0.2) is 9.59 Å². The monoisotopic (exact) mass is 294 g/mol. The summed E-state index contributed by atoms with van der Waals surface area (Å²) in [5, 5.41) is 21.4. The molecule has 0 saturated carbocycles. The molecule has 0 saturated heterocycles. The van der Waals surface area contributed by atoms with Gasteiger partial charge in [0.05, 0.1) is 17.7 Å². The highest BCUT2D eigenvalue weighted by Gasteiger charge is 2.20. The lowest BCUT2D eigenvalue weighted by molar-refractivity contribution is 0.0479. The average molecular weight is 294 g/mol. The quantitative estimate of drug-likeness (QED) is 0.744. The fourth-order valence-corrected chi connectivity index (χ4v) is 1.90. The highest BCUT2D eigenvalue weighted by Crippen LogP contribution is 2.07. The molecule has 21 heavy (non-hydrogen) atoms. The average Bonchev–Trinajstić information content (AvgIpc) is 2.41. The number of hydrogen-bond acceptors (Lipinski definition) is 3. The summed E-state index contributed by atoms with van der Waals surface area (Å²) in [5.74, 6) is -1.000. The van der Waals surface area contributed by atoms with Crippen molar-refractivity contribution in [2.75, 3.05) is 13.1 Å². The van der Waals surface area contributed by atoms with E-state index in [0.717, 1.165) is 0 Å². The van der Waals surface area contributed by atoms with E-state index in [0.29, 0.717) is 12.1 Å². The van der Waals surface area contributed by atoms with Gasteiger partial charge in [0.1, 0.15) is 0 Å². The molecule has 116 valence electrons. The molecule has 1 rings (SSSR count). The van der Waals surface area contributed by atoms with Gasteiger partial charge >= 0.3 is 12.0 Å². The van der Waals surface area contributed by atoms with Gasteiger partial charge in [-0.3, -0.25) is 0 Å². The van der Waals surface area contributed by atoms with Crippen LogP contribution in [0, 0.1) is 0 Å². The van der Waals surface area contributed by atoms with Gasteiger partial charge in [0.25, 0.3) is 0 Å². The lowest BCUT2D eigenvalue weighted by Crippen LogP contribution is -2.46. The number of aliphatic hydroxyl groups is 1. The van der Waals surface area contributed by atoms with Crippen LogP contribution >= 0.6 is 0 Å². The molecule has 6 nitrogen and oxygen atoms in total. The van der Waals surface area contributed by atoms with Crippen LogP contribution in [0.4, 0.5) is 4.79 Å². The first-order valence-electron chi connectivity index (χ1n) is 6.80. The van der Waals surface area contributed by atoms with E-state index in [9.17, 15) is 14.7 Å². The standard InChI is InChI=1S/C15H22N2O4/c1-4-17(10-15(2,3)21)14(20)16-9-11-6-5-7-12(8-11)13(18)19/h5-8,21H,4,9-10H2,1-3H3,(H,16,20)(H,18,19). The Morgan fingerprint density at radius 2 is 2.00 bits per heavy atom. The number of carbonyl (C=O) groups is 2. The molecule has 6 heteroatoms. The van der Waals surface area contributed by atoms with Gasteiger partial charge in [-0.05, 0) is 38.5 Å². The van der Waals surface area contributed by atoms with Gasteiger partial charge < -0.3 is 20.4 Å². The molecule has 1 aromatic rings. The number of benzene rings is 1. The summed E-state index contributed by atoms with van der Waals surface area (Å²) in [4.78, 5) is 24.4. The minimum Gasteiger partial charge on any atom is -0.478 e. The van der Waals surface area contributed by atoms with Gasteiger partial charge in [0.2, 0.25) is 0 Å². The lowest BCUT2D eigenvalue weighted by atomic mass is 10.1. The first-order valence-corrected chi connectivity index (χ1v) is 6.80. The van der Waals surface area contributed by atoms with Crippen LogP contribution in [0.25, 0.3) is 0 Å². The Bertz CT molecular complexity index is 509. The molecule has 2 amide bonds. The van der Waals surface area contributed by atoms with E-state index in [1.807, 2.05) is 6.92 Å². The third-order valence-electron chi connectivity index (χ3n) is 2.86. The number of nitrogens with one attached hydrogen (secondary N) is 1. The van der Waals surface area contributed by atoms with Crippen LogP contribution in [0.15, 0.2) is 24.3 Å². The first kappa shape index (κ1) is 17.0. The summed E-state index contributed by atoms with van der Waals surface area (Å²) in [6.07, 6.45) is 0. The third-order valence-corrected chi connectivity index (χ3v) is 2.86. The van der Waals surface area contributed by atoms with Crippen molar-refractivity contribution >= 4 is 12.0 Å². The molecule has 0 aliphatic heterocycles. The number of carboxylic acid groups (broad SMARTS) is 1. The largest absolute Gasteiger partial charge is 0.478 e. The van der Waals surface area contributed by atoms with E-state index in [-0.39, 0.29) is 24.7 Å². The molecule has 0 fully saturated rings. The Hall–Kier alpha value is -2.08. The second-order valence-electron chi connectivity index (χ2n) is 5.49. The second-order valence-corrected chi connectivity index (χ2v) is 5.49. The fourth-order valence-electron chi connectivity index (χ4n) is 1.90. The molecule has 0 heterocycles. The zero-order valence-corrected chi connectivity index (χ0v) is 12.6. The topological polar surface area (TPSA) is 89.9 Å². The first-order chi connectivity index (χ1) is 9.73. The Labute approximate surface area is 124 Å². The van der Waals surface area contributed by atoms with Crippen molar-refractivity contribution < 1.29 is 19.8 Å². The van der Waals surface area contributed by atoms with Gasteiger partial charge in [-0.1, -0.05) is 12.1 Å². The predicted octanol–water partition coefficient (Wildman–Crippen LogP) is 1.69. The Balaban J connectivity index is 2.63. The number of carbonyl (C=O) groups excluding carboxylic acids is 1. The Morgan fingerprint density at radius 3 is 2.52 bits per heavy atom. The van der Waals surface area contributed by atoms with Crippen molar-refractivity contribution in [3.63, 3.8) is 0 Å². The third kappa shape index (κ3) is 5.83. The number of amides is 2. The number of urea groups is 1. The minimum absolute atomic E-state index is 0.186. The molecule has 0 bridgehead atoms.